The highest BCUT2D eigenvalue weighted by Crippen LogP contribution is 2.48. The van der Waals surface area contributed by atoms with Crippen LogP contribution in [0.4, 0.5) is 4.79 Å². The molecule has 7 heteroatoms. The molecule has 2 amide bonds. The van der Waals surface area contributed by atoms with E-state index in [4.69, 9.17) is 0 Å². The third-order valence-electron chi connectivity index (χ3n) is 6.33. The standard InChI is InChI=1S/C18H26N4O3/c1-12-9-21-7-3-4-13(15(21)20-12)8-19-17(25)22-10-14-5-2-6-18(14,11-22)16(23)24/h9,13-14H,2-8,10-11H2,1H3,(H,19,25)(H,23,24)/t13?,14-,18+/m0/s1. The van der Waals surface area contributed by atoms with Crippen molar-refractivity contribution in [2.75, 3.05) is 19.6 Å². The molecular weight excluding hydrogens is 320 g/mol. The van der Waals surface area contributed by atoms with E-state index < -0.39 is 11.4 Å². The Labute approximate surface area is 147 Å². The second kappa shape index (κ2) is 6.04. The zero-order valence-electron chi connectivity index (χ0n) is 14.7. The number of aryl methyl sites for hydroxylation is 2. The van der Waals surface area contributed by atoms with Gasteiger partial charge < -0.3 is 19.9 Å². The molecule has 2 fully saturated rings. The maximum atomic E-state index is 12.6. The lowest BCUT2D eigenvalue weighted by molar-refractivity contribution is -0.149. The van der Waals surface area contributed by atoms with Crippen molar-refractivity contribution in [2.24, 2.45) is 11.3 Å². The molecule has 1 aromatic rings. The van der Waals surface area contributed by atoms with E-state index in [1.807, 2.05) is 6.92 Å². The number of carboxylic acid groups (broad SMARTS) is 1. The summed E-state index contributed by atoms with van der Waals surface area (Å²) in [4.78, 5) is 30.7. The molecule has 3 aliphatic rings. The molecule has 0 spiro atoms. The quantitative estimate of drug-likeness (QED) is 0.876. The molecule has 1 unspecified atom stereocenters. The molecule has 0 aromatic carbocycles. The number of aromatic nitrogens is 2. The number of carbonyl (C=O) groups excluding carboxylic acids is 1. The Morgan fingerprint density at radius 1 is 1.40 bits per heavy atom. The third-order valence-corrected chi connectivity index (χ3v) is 6.33. The molecule has 2 aliphatic heterocycles. The van der Waals surface area contributed by atoms with Crippen molar-refractivity contribution in [2.45, 2.75) is 51.5 Å². The molecule has 25 heavy (non-hydrogen) atoms. The average molecular weight is 346 g/mol. The maximum Gasteiger partial charge on any atom is 0.317 e. The number of likely N-dealkylation sites (tertiary alicyclic amines) is 1. The molecule has 4 rings (SSSR count). The summed E-state index contributed by atoms with van der Waals surface area (Å²) < 4.78 is 2.19. The summed E-state index contributed by atoms with van der Waals surface area (Å²) >= 11 is 0. The smallest absolute Gasteiger partial charge is 0.317 e. The molecule has 1 saturated carbocycles. The van der Waals surface area contributed by atoms with Gasteiger partial charge in [-0.3, -0.25) is 4.79 Å². The van der Waals surface area contributed by atoms with Gasteiger partial charge in [0.25, 0.3) is 0 Å². The van der Waals surface area contributed by atoms with Crippen LogP contribution in [-0.2, 0) is 11.3 Å². The van der Waals surface area contributed by atoms with Crippen LogP contribution in [0.5, 0.6) is 0 Å². The summed E-state index contributed by atoms with van der Waals surface area (Å²) in [6.07, 6.45) is 6.75. The van der Waals surface area contributed by atoms with Gasteiger partial charge in [-0.15, -0.1) is 0 Å². The molecule has 0 bridgehead atoms. The summed E-state index contributed by atoms with van der Waals surface area (Å²) in [5.41, 5.74) is 0.305. The lowest BCUT2D eigenvalue weighted by Crippen LogP contribution is -2.43. The molecule has 1 aromatic heterocycles. The van der Waals surface area contributed by atoms with Gasteiger partial charge in [0.05, 0.1) is 11.1 Å². The Hall–Kier alpha value is -2.05. The van der Waals surface area contributed by atoms with E-state index in [9.17, 15) is 14.7 Å². The van der Waals surface area contributed by atoms with Crippen LogP contribution < -0.4 is 5.32 Å². The number of hydrogen-bond donors (Lipinski definition) is 2. The first-order valence-electron chi connectivity index (χ1n) is 9.29. The fourth-order valence-electron chi connectivity index (χ4n) is 5.02. The van der Waals surface area contributed by atoms with Gasteiger partial charge in [-0.1, -0.05) is 6.42 Å². The van der Waals surface area contributed by atoms with Gasteiger partial charge in [-0.2, -0.15) is 0 Å². The van der Waals surface area contributed by atoms with E-state index in [0.717, 1.165) is 43.7 Å². The van der Waals surface area contributed by atoms with E-state index in [0.29, 0.717) is 26.1 Å². The Morgan fingerprint density at radius 2 is 2.24 bits per heavy atom. The molecule has 0 radical (unpaired) electrons. The van der Waals surface area contributed by atoms with Gasteiger partial charge >= 0.3 is 12.0 Å². The molecule has 1 aliphatic carbocycles. The summed E-state index contributed by atoms with van der Waals surface area (Å²) in [5.74, 6) is 0.661. The summed E-state index contributed by atoms with van der Waals surface area (Å²) in [6.45, 7) is 4.47. The van der Waals surface area contributed by atoms with Gasteiger partial charge in [0.1, 0.15) is 5.82 Å². The van der Waals surface area contributed by atoms with E-state index in [1.165, 1.54) is 0 Å². The second-order valence-electron chi connectivity index (χ2n) is 7.89. The van der Waals surface area contributed by atoms with Gasteiger partial charge in [0, 0.05) is 38.3 Å². The van der Waals surface area contributed by atoms with Crippen LogP contribution >= 0.6 is 0 Å². The van der Waals surface area contributed by atoms with Crippen molar-refractivity contribution in [1.29, 1.82) is 0 Å². The monoisotopic (exact) mass is 346 g/mol. The van der Waals surface area contributed by atoms with Crippen molar-refractivity contribution in [3.63, 3.8) is 0 Å². The lowest BCUT2D eigenvalue weighted by atomic mass is 9.81. The minimum atomic E-state index is -0.741. The summed E-state index contributed by atoms with van der Waals surface area (Å²) in [6, 6.07) is -0.129. The van der Waals surface area contributed by atoms with Crippen molar-refractivity contribution < 1.29 is 14.7 Å². The number of fused-ring (bicyclic) bond motifs is 2. The number of carbonyl (C=O) groups is 2. The van der Waals surface area contributed by atoms with E-state index >= 15 is 0 Å². The van der Waals surface area contributed by atoms with Crippen LogP contribution in [0.1, 0.15) is 49.5 Å². The first kappa shape index (κ1) is 16.4. The first-order chi connectivity index (χ1) is 12.0. The Kier molecular flexibility index (Phi) is 3.96. The first-order valence-corrected chi connectivity index (χ1v) is 9.29. The number of nitrogens with one attached hydrogen (secondary N) is 1. The van der Waals surface area contributed by atoms with Crippen molar-refractivity contribution in [1.82, 2.24) is 19.8 Å². The molecule has 1 saturated heterocycles. The van der Waals surface area contributed by atoms with Crippen molar-refractivity contribution in [3.8, 4) is 0 Å². The number of carboxylic acids is 1. The van der Waals surface area contributed by atoms with Crippen LogP contribution in [0.3, 0.4) is 0 Å². The molecule has 2 N–H and O–H groups in total. The van der Waals surface area contributed by atoms with Crippen molar-refractivity contribution >= 4 is 12.0 Å². The predicted octanol–water partition coefficient (Wildman–Crippen LogP) is 1.97. The van der Waals surface area contributed by atoms with Crippen LogP contribution in [0.15, 0.2) is 6.20 Å². The minimum absolute atomic E-state index is 0.104. The Bertz CT molecular complexity index is 700. The van der Waals surface area contributed by atoms with Gasteiger partial charge in [0.2, 0.25) is 0 Å². The minimum Gasteiger partial charge on any atom is -0.481 e. The number of aliphatic carboxylic acids is 1. The average Bonchev–Trinajstić information content (AvgIpc) is 3.23. The molecule has 7 nitrogen and oxygen atoms in total. The lowest BCUT2D eigenvalue weighted by Gasteiger charge is -2.26. The summed E-state index contributed by atoms with van der Waals surface area (Å²) in [5, 5.41) is 12.7. The predicted molar refractivity (Wildman–Crippen MR) is 91.3 cm³/mol. The Balaban J connectivity index is 1.38. The van der Waals surface area contributed by atoms with Gasteiger partial charge in [-0.05, 0) is 38.5 Å². The molecule has 136 valence electrons. The maximum absolute atomic E-state index is 12.6. The molecule has 3 heterocycles. The normalized spacial score (nSPS) is 30.8. The van der Waals surface area contributed by atoms with E-state index in [1.54, 1.807) is 4.90 Å². The van der Waals surface area contributed by atoms with Gasteiger partial charge in [0.15, 0.2) is 0 Å². The third kappa shape index (κ3) is 2.69. The van der Waals surface area contributed by atoms with Crippen LogP contribution in [-0.4, -0.2) is 51.2 Å². The number of hydrogen-bond acceptors (Lipinski definition) is 3. The van der Waals surface area contributed by atoms with Crippen LogP contribution in [0, 0.1) is 18.3 Å². The highest BCUT2D eigenvalue weighted by molar-refractivity contribution is 5.80. The number of urea groups is 1. The van der Waals surface area contributed by atoms with Gasteiger partial charge in [-0.25, -0.2) is 9.78 Å². The highest BCUT2D eigenvalue weighted by atomic mass is 16.4. The van der Waals surface area contributed by atoms with Crippen molar-refractivity contribution in [3.05, 3.63) is 17.7 Å². The second-order valence-corrected chi connectivity index (χ2v) is 7.89. The zero-order chi connectivity index (χ0) is 17.6. The number of rotatable bonds is 3. The number of imidazole rings is 1. The molecule has 3 atom stereocenters. The van der Waals surface area contributed by atoms with Crippen LogP contribution in [0.2, 0.25) is 0 Å². The fourth-order valence-corrected chi connectivity index (χ4v) is 5.02. The van der Waals surface area contributed by atoms with E-state index in [2.05, 4.69) is 21.1 Å². The van der Waals surface area contributed by atoms with E-state index in [-0.39, 0.29) is 17.9 Å². The van der Waals surface area contributed by atoms with Crippen LogP contribution in [0.25, 0.3) is 0 Å². The Morgan fingerprint density at radius 3 is 3.00 bits per heavy atom. The highest BCUT2D eigenvalue weighted by Gasteiger charge is 2.55. The zero-order valence-corrected chi connectivity index (χ0v) is 14.7. The summed E-state index contributed by atoms with van der Waals surface area (Å²) in [7, 11) is 0. The molecular formula is C18H26N4O3. The number of nitrogens with zero attached hydrogens (tertiary/aromatic N) is 3. The SMILES string of the molecule is Cc1cn2c(n1)C(CNC(=O)N1C[C@@H]3CCC[C@@]3(C(=O)O)C1)CCC2. The number of amides is 2. The largest absolute Gasteiger partial charge is 0.481 e. The fraction of sp³-hybridized carbons (Fsp3) is 0.722. The topological polar surface area (TPSA) is 87.5 Å².